The molecule has 1 saturated heterocycles. The molecule has 6 rings (SSSR count). The first kappa shape index (κ1) is 35.5. The third kappa shape index (κ3) is 8.18. The van der Waals surface area contributed by atoms with E-state index in [-0.39, 0.29) is 22.1 Å². The Balaban J connectivity index is 1.16. The minimum Gasteiger partial charge on any atom is -0.401 e. The minimum absolute atomic E-state index is 0.00689. The summed E-state index contributed by atoms with van der Waals surface area (Å²) in [7, 11) is -2.67. The zero-order valence-corrected chi connectivity index (χ0v) is 31.2. The lowest BCUT2D eigenvalue weighted by Gasteiger charge is -2.42. The Morgan fingerprint density at radius 2 is 1.73 bits per heavy atom. The first-order valence-corrected chi connectivity index (χ1v) is 20.4. The van der Waals surface area contributed by atoms with Gasteiger partial charge in [-0.2, -0.15) is 0 Å². The van der Waals surface area contributed by atoms with Gasteiger partial charge in [0.05, 0.1) is 16.5 Å². The summed E-state index contributed by atoms with van der Waals surface area (Å²) in [5, 5.41) is 6.34. The Bertz CT molecular complexity index is 1700. The van der Waals surface area contributed by atoms with Crippen molar-refractivity contribution in [3.63, 3.8) is 0 Å². The summed E-state index contributed by atoms with van der Waals surface area (Å²) in [6.45, 7) is 11.0. The van der Waals surface area contributed by atoms with Gasteiger partial charge in [0, 0.05) is 31.0 Å². The molecule has 0 saturated carbocycles. The van der Waals surface area contributed by atoms with Crippen molar-refractivity contribution in [1.29, 1.82) is 0 Å². The second-order valence-electron chi connectivity index (χ2n) is 14.0. The van der Waals surface area contributed by atoms with Crippen LogP contribution in [0, 0.1) is 5.82 Å². The number of benzene rings is 3. The molecule has 0 bridgehead atoms. The third-order valence-corrected chi connectivity index (χ3v) is 16.1. The second kappa shape index (κ2) is 15.7. The number of hydrogen-bond donors (Lipinski definition) is 1. The van der Waals surface area contributed by atoms with Crippen molar-refractivity contribution in [2.75, 3.05) is 31.5 Å². The topological polar surface area (TPSA) is 57.7 Å². The molecule has 1 N–H and O–H groups in total. The number of urea groups is 1. The maximum atomic E-state index is 13.8. The summed E-state index contributed by atoms with van der Waals surface area (Å²) in [5.74, 6) is -0.503. The number of allylic oxidation sites excluding steroid dienone is 1. The van der Waals surface area contributed by atoms with Crippen molar-refractivity contribution in [2.45, 2.75) is 70.6 Å². The van der Waals surface area contributed by atoms with Gasteiger partial charge in [0.2, 0.25) is 0 Å². The van der Waals surface area contributed by atoms with E-state index in [1.165, 1.54) is 40.9 Å². The van der Waals surface area contributed by atoms with Gasteiger partial charge < -0.3 is 19.5 Å². The maximum absolute atomic E-state index is 13.8. The van der Waals surface area contributed by atoms with Crippen molar-refractivity contribution in [3.05, 3.63) is 112 Å². The summed E-state index contributed by atoms with van der Waals surface area (Å²) in [6, 6.07) is 25.6. The lowest BCUT2D eigenvalue weighted by atomic mass is 9.93. The van der Waals surface area contributed by atoms with Crippen molar-refractivity contribution >= 4 is 58.9 Å². The third-order valence-electron chi connectivity index (χ3n) is 9.81. The number of aromatic nitrogens is 1. The molecule has 4 aromatic rings. The van der Waals surface area contributed by atoms with E-state index in [1.54, 1.807) is 17.4 Å². The first-order valence-electron chi connectivity index (χ1n) is 17.3. The number of nitrogens with one attached hydrogen (secondary N) is 1. The van der Waals surface area contributed by atoms with Crippen LogP contribution in [-0.2, 0) is 11.0 Å². The van der Waals surface area contributed by atoms with Crippen LogP contribution in [0.1, 0.15) is 62.8 Å². The van der Waals surface area contributed by atoms with Crippen LogP contribution < -0.4 is 15.7 Å². The van der Waals surface area contributed by atoms with E-state index in [0.717, 1.165) is 48.8 Å². The monoisotopic (exact) mass is 716 g/mol. The van der Waals surface area contributed by atoms with Crippen LogP contribution in [-0.4, -0.2) is 61.4 Å². The lowest BCUT2D eigenvalue weighted by molar-refractivity contribution is 0.170. The molecule has 1 aliphatic carbocycles. The summed E-state index contributed by atoms with van der Waals surface area (Å²) in [4.78, 5) is 24.0. The molecular weight excluding hydrogens is 671 g/mol. The van der Waals surface area contributed by atoms with Crippen LogP contribution >= 0.6 is 22.9 Å². The van der Waals surface area contributed by atoms with Crippen LogP contribution in [0.3, 0.4) is 0 Å². The number of hydrogen-bond acceptors (Lipinski definition) is 5. The average molecular weight is 717 g/mol. The summed E-state index contributed by atoms with van der Waals surface area (Å²) in [5.41, 5.74) is 1.77. The van der Waals surface area contributed by atoms with Gasteiger partial charge in [0.25, 0.3) is 8.32 Å². The van der Waals surface area contributed by atoms with Gasteiger partial charge in [-0.25, -0.2) is 14.2 Å². The Hall–Kier alpha value is -3.34. The highest BCUT2D eigenvalue weighted by Gasteiger charge is 2.50. The molecule has 258 valence electrons. The standard InChI is InChI=1S/C39H46ClFN4O2SSi/c1-39(2,3)49(32-12-6-4-7-13-32,33-14-8-5-9-15-33)47-28-37-42-27-36(48-37)29-16-19-31(20-17-29)45(25-24-44-22-10-11-23-44)38(46)43-30-18-21-35(41)34(40)26-30/h4-9,12-16,18,21,26-27,31H,10-11,17,19-20,22-25,28H2,1-3H3,(H,43,46). The van der Waals surface area contributed by atoms with E-state index in [0.29, 0.717) is 18.8 Å². The Kier molecular flexibility index (Phi) is 11.4. The van der Waals surface area contributed by atoms with Crippen LogP contribution in [0.2, 0.25) is 10.1 Å². The zero-order chi connectivity index (χ0) is 34.4. The largest absolute Gasteiger partial charge is 0.401 e. The molecule has 1 atom stereocenters. The SMILES string of the molecule is CC(C)(C)[Si](OCc1ncc(C2=CCC(N(CCN3CCCC3)C(=O)Nc3ccc(F)c(Cl)c3)CC2)s1)(c1ccccc1)c1ccccc1. The Morgan fingerprint density at radius 3 is 2.33 bits per heavy atom. The van der Waals surface area contributed by atoms with E-state index in [2.05, 4.69) is 97.7 Å². The molecule has 1 aromatic heterocycles. The number of nitrogens with zero attached hydrogens (tertiary/aromatic N) is 3. The Labute approximate surface area is 300 Å². The maximum Gasteiger partial charge on any atom is 0.322 e. The van der Waals surface area contributed by atoms with Crippen LogP contribution in [0.5, 0.6) is 0 Å². The number of likely N-dealkylation sites (tertiary alicyclic amines) is 1. The molecule has 2 heterocycles. The van der Waals surface area contributed by atoms with Crippen molar-refractivity contribution < 1.29 is 13.6 Å². The molecule has 1 fully saturated rings. The quantitative estimate of drug-likeness (QED) is 0.158. The molecule has 10 heteroatoms. The number of thiazole rings is 1. The highest BCUT2D eigenvalue weighted by Crippen LogP contribution is 2.38. The molecule has 6 nitrogen and oxygen atoms in total. The van der Waals surface area contributed by atoms with Crippen molar-refractivity contribution in [3.8, 4) is 0 Å². The predicted molar refractivity (Wildman–Crippen MR) is 203 cm³/mol. The molecule has 2 aliphatic rings. The van der Waals surface area contributed by atoms with Gasteiger partial charge in [-0.05, 0) is 84.4 Å². The van der Waals surface area contributed by atoms with Crippen molar-refractivity contribution in [2.24, 2.45) is 0 Å². The number of rotatable bonds is 11. The van der Waals surface area contributed by atoms with Gasteiger partial charge in [-0.15, -0.1) is 11.3 Å². The summed E-state index contributed by atoms with van der Waals surface area (Å²) >= 11 is 7.71. The number of carbonyl (C=O) groups is 1. The smallest absolute Gasteiger partial charge is 0.322 e. The second-order valence-corrected chi connectivity index (χ2v) is 19.9. The molecule has 1 unspecified atom stereocenters. The van der Waals surface area contributed by atoms with Gasteiger partial charge in [0.1, 0.15) is 10.8 Å². The van der Waals surface area contributed by atoms with Gasteiger partial charge in [0.15, 0.2) is 0 Å². The van der Waals surface area contributed by atoms with Crippen molar-refractivity contribution in [1.82, 2.24) is 14.8 Å². The van der Waals surface area contributed by atoms with E-state index in [4.69, 9.17) is 21.0 Å². The Morgan fingerprint density at radius 1 is 1.06 bits per heavy atom. The molecule has 0 spiro atoms. The number of amides is 2. The van der Waals surface area contributed by atoms with E-state index in [9.17, 15) is 9.18 Å². The molecule has 2 amide bonds. The first-order chi connectivity index (χ1) is 23.6. The fourth-order valence-corrected chi connectivity index (χ4v) is 13.0. The number of carbonyl (C=O) groups excluding carboxylic acids is 1. The molecule has 49 heavy (non-hydrogen) atoms. The molecule has 0 radical (unpaired) electrons. The lowest BCUT2D eigenvalue weighted by Crippen LogP contribution is -2.66. The molecular formula is C39H46ClFN4O2SSi. The van der Waals surface area contributed by atoms with E-state index >= 15 is 0 Å². The van der Waals surface area contributed by atoms with Crippen LogP contribution in [0.15, 0.2) is 91.1 Å². The molecule has 3 aromatic carbocycles. The fourth-order valence-electron chi connectivity index (χ4n) is 7.26. The van der Waals surface area contributed by atoms with E-state index < -0.39 is 14.1 Å². The normalized spacial score (nSPS) is 17.2. The zero-order valence-electron chi connectivity index (χ0n) is 28.6. The van der Waals surface area contributed by atoms with Gasteiger partial charge in [-0.3, -0.25) is 0 Å². The summed E-state index contributed by atoms with van der Waals surface area (Å²) < 4.78 is 20.9. The van der Waals surface area contributed by atoms with Crippen LogP contribution in [0.25, 0.3) is 5.57 Å². The predicted octanol–water partition coefficient (Wildman–Crippen LogP) is 8.58. The van der Waals surface area contributed by atoms with E-state index in [1.807, 2.05) is 11.1 Å². The highest BCUT2D eigenvalue weighted by molar-refractivity contribution is 7.12. The van der Waals surface area contributed by atoms with Crippen LogP contribution in [0.4, 0.5) is 14.9 Å². The summed E-state index contributed by atoms with van der Waals surface area (Å²) in [6.07, 6.45) is 9.15. The fraction of sp³-hybridized carbons (Fsp3) is 0.385. The minimum atomic E-state index is -2.67. The van der Waals surface area contributed by atoms with Gasteiger partial charge >= 0.3 is 6.03 Å². The van der Waals surface area contributed by atoms with Gasteiger partial charge in [-0.1, -0.05) is 99.1 Å². The highest BCUT2D eigenvalue weighted by atomic mass is 35.5. The average Bonchev–Trinajstić information content (AvgIpc) is 3.81. The number of anilines is 1. The number of halogens is 2. The molecule has 1 aliphatic heterocycles.